The number of carbonyl (C=O) groups is 1. The predicted molar refractivity (Wildman–Crippen MR) is 88.2 cm³/mol. The van der Waals surface area contributed by atoms with Gasteiger partial charge in [0.2, 0.25) is 5.91 Å². The maximum Gasteiger partial charge on any atom is 0.240 e. The predicted octanol–water partition coefficient (Wildman–Crippen LogP) is 4.67. The van der Waals surface area contributed by atoms with Crippen LogP contribution in [0.2, 0.25) is 0 Å². The van der Waals surface area contributed by atoms with Gasteiger partial charge >= 0.3 is 0 Å². The molecule has 2 fully saturated rings. The Labute approximate surface area is 130 Å². The molecule has 120 valence electrons. The van der Waals surface area contributed by atoms with Crippen LogP contribution in [0.1, 0.15) is 84.5 Å². The topological polar surface area (TPSA) is 41.5 Å². The lowest BCUT2D eigenvalue weighted by Crippen LogP contribution is -2.31. The fraction of sp³-hybridized carbons (Fsp3) is 0.889. The van der Waals surface area contributed by atoms with Crippen LogP contribution in [0, 0.1) is 17.8 Å². The molecule has 3 unspecified atom stereocenters. The van der Waals surface area contributed by atoms with Crippen LogP contribution >= 0.6 is 0 Å². The van der Waals surface area contributed by atoms with E-state index in [9.17, 15) is 4.79 Å². The van der Waals surface area contributed by atoms with Crippen molar-refractivity contribution in [1.29, 1.82) is 0 Å². The van der Waals surface area contributed by atoms with Crippen molar-refractivity contribution >= 4 is 11.6 Å². The highest BCUT2D eigenvalue weighted by molar-refractivity contribution is 5.86. The quantitative estimate of drug-likeness (QED) is 0.431. The van der Waals surface area contributed by atoms with Gasteiger partial charge in [-0.3, -0.25) is 4.79 Å². The first kappa shape index (κ1) is 16.5. The molecule has 0 spiro atoms. The maximum absolute atomic E-state index is 11.7. The van der Waals surface area contributed by atoms with E-state index in [0.29, 0.717) is 12.3 Å². The lowest BCUT2D eigenvalue weighted by molar-refractivity contribution is -0.121. The first-order valence-corrected chi connectivity index (χ1v) is 9.03. The number of amides is 1. The van der Waals surface area contributed by atoms with Crippen molar-refractivity contribution in [2.24, 2.45) is 22.9 Å². The molecule has 0 heterocycles. The Kier molecular flexibility index (Phi) is 6.72. The van der Waals surface area contributed by atoms with Gasteiger partial charge in [-0.25, -0.2) is 5.43 Å². The van der Waals surface area contributed by atoms with E-state index in [1.54, 1.807) is 0 Å². The largest absolute Gasteiger partial charge is 0.273 e. The summed E-state index contributed by atoms with van der Waals surface area (Å²) in [7, 11) is 0. The van der Waals surface area contributed by atoms with Gasteiger partial charge in [0.1, 0.15) is 0 Å². The standard InChI is InChI=1S/C18H32N2O/c1-3-4-5-10-18(21)20-19-14(2)16-12-11-15-8-6-7-9-17(15)13-16/h15-17H,3-13H2,1-2H3,(H,20,21)/b19-14-. The van der Waals surface area contributed by atoms with Crippen molar-refractivity contribution in [3.05, 3.63) is 0 Å². The van der Waals surface area contributed by atoms with E-state index in [0.717, 1.165) is 36.8 Å². The first-order chi connectivity index (χ1) is 10.2. The monoisotopic (exact) mass is 292 g/mol. The van der Waals surface area contributed by atoms with Gasteiger partial charge in [0.15, 0.2) is 0 Å². The zero-order valence-corrected chi connectivity index (χ0v) is 13.9. The molecule has 2 saturated carbocycles. The number of nitrogens with zero attached hydrogens (tertiary/aromatic N) is 1. The van der Waals surface area contributed by atoms with Crippen molar-refractivity contribution in [1.82, 2.24) is 5.43 Å². The third-order valence-electron chi connectivity index (χ3n) is 5.49. The molecule has 21 heavy (non-hydrogen) atoms. The summed E-state index contributed by atoms with van der Waals surface area (Å²) in [5.74, 6) is 2.57. The van der Waals surface area contributed by atoms with E-state index >= 15 is 0 Å². The third kappa shape index (κ3) is 5.12. The van der Waals surface area contributed by atoms with E-state index in [4.69, 9.17) is 0 Å². The van der Waals surface area contributed by atoms with Crippen LogP contribution in [0.25, 0.3) is 0 Å². The Morgan fingerprint density at radius 1 is 1.10 bits per heavy atom. The summed E-state index contributed by atoms with van der Waals surface area (Å²) in [5, 5.41) is 4.38. The normalized spacial score (nSPS) is 29.8. The Morgan fingerprint density at radius 3 is 2.62 bits per heavy atom. The van der Waals surface area contributed by atoms with Gasteiger partial charge < -0.3 is 0 Å². The maximum atomic E-state index is 11.7. The lowest BCUT2D eigenvalue weighted by atomic mass is 9.67. The molecule has 0 aromatic heterocycles. The number of nitrogens with one attached hydrogen (secondary N) is 1. The number of hydrogen-bond donors (Lipinski definition) is 1. The van der Waals surface area contributed by atoms with Crippen molar-refractivity contribution in [2.45, 2.75) is 84.5 Å². The summed E-state index contributed by atoms with van der Waals surface area (Å²) in [6.07, 6.45) is 13.5. The number of hydrazone groups is 1. The fourth-order valence-corrected chi connectivity index (χ4v) is 4.09. The van der Waals surface area contributed by atoms with E-state index in [-0.39, 0.29) is 5.91 Å². The molecule has 2 aliphatic rings. The number of rotatable bonds is 6. The van der Waals surface area contributed by atoms with Crippen molar-refractivity contribution in [3.8, 4) is 0 Å². The molecule has 3 atom stereocenters. The molecule has 0 radical (unpaired) electrons. The number of fused-ring (bicyclic) bond motifs is 1. The highest BCUT2D eigenvalue weighted by Gasteiger charge is 2.33. The highest BCUT2D eigenvalue weighted by atomic mass is 16.2. The zero-order chi connectivity index (χ0) is 15.1. The second-order valence-electron chi connectivity index (χ2n) is 7.06. The molecule has 0 saturated heterocycles. The van der Waals surface area contributed by atoms with Gasteiger partial charge in [-0.2, -0.15) is 5.10 Å². The summed E-state index contributed by atoms with van der Waals surface area (Å²) in [5.41, 5.74) is 3.90. The molecule has 0 aliphatic heterocycles. The van der Waals surface area contributed by atoms with Gasteiger partial charge in [-0.05, 0) is 50.4 Å². The zero-order valence-electron chi connectivity index (χ0n) is 13.9. The lowest BCUT2D eigenvalue weighted by Gasteiger charge is -2.39. The van der Waals surface area contributed by atoms with Crippen LogP contribution in [0.4, 0.5) is 0 Å². The highest BCUT2D eigenvalue weighted by Crippen LogP contribution is 2.42. The van der Waals surface area contributed by atoms with Crippen LogP contribution in [0.5, 0.6) is 0 Å². The molecule has 0 aromatic rings. The minimum atomic E-state index is 0.0779. The molecule has 0 bridgehead atoms. The second-order valence-corrected chi connectivity index (χ2v) is 7.06. The van der Waals surface area contributed by atoms with Gasteiger partial charge in [0.25, 0.3) is 0 Å². The average Bonchev–Trinajstić information content (AvgIpc) is 2.52. The average molecular weight is 292 g/mol. The van der Waals surface area contributed by atoms with Crippen molar-refractivity contribution in [3.63, 3.8) is 0 Å². The summed E-state index contributed by atoms with van der Waals surface area (Å²) >= 11 is 0. The Morgan fingerprint density at radius 2 is 1.86 bits per heavy atom. The second kappa shape index (κ2) is 8.55. The minimum absolute atomic E-state index is 0.0779. The molecular weight excluding hydrogens is 260 g/mol. The van der Waals surface area contributed by atoms with E-state index in [1.807, 2.05) is 0 Å². The number of hydrogen-bond acceptors (Lipinski definition) is 2. The summed E-state index contributed by atoms with van der Waals surface area (Å²) < 4.78 is 0. The van der Waals surface area contributed by atoms with Gasteiger partial charge in [0.05, 0.1) is 0 Å². The molecule has 1 amide bonds. The van der Waals surface area contributed by atoms with Crippen LogP contribution < -0.4 is 5.43 Å². The number of unbranched alkanes of at least 4 members (excludes halogenated alkanes) is 2. The van der Waals surface area contributed by atoms with E-state index in [2.05, 4.69) is 24.4 Å². The van der Waals surface area contributed by atoms with Crippen molar-refractivity contribution in [2.75, 3.05) is 0 Å². The summed E-state index contributed by atoms with van der Waals surface area (Å²) in [6, 6.07) is 0. The van der Waals surface area contributed by atoms with Gasteiger partial charge in [-0.1, -0.05) is 45.4 Å². The Bertz CT molecular complexity index is 364. The molecule has 3 nitrogen and oxygen atoms in total. The van der Waals surface area contributed by atoms with Gasteiger partial charge in [0, 0.05) is 12.1 Å². The summed E-state index contributed by atoms with van der Waals surface area (Å²) in [6.45, 7) is 4.25. The SMILES string of the molecule is CCCCCC(=O)N/N=C(/C)C1CCC2CCCCC2C1. The smallest absolute Gasteiger partial charge is 0.240 e. The Balaban J connectivity index is 1.75. The van der Waals surface area contributed by atoms with Gasteiger partial charge in [-0.15, -0.1) is 0 Å². The number of carbonyl (C=O) groups excluding carboxylic acids is 1. The van der Waals surface area contributed by atoms with Crippen LogP contribution in [-0.2, 0) is 4.79 Å². The molecule has 1 N–H and O–H groups in total. The summed E-state index contributed by atoms with van der Waals surface area (Å²) in [4.78, 5) is 11.7. The minimum Gasteiger partial charge on any atom is -0.273 e. The van der Waals surface area contributed by atoms with E-state index in [1.165, 1.54) is 44.9 Å². The molecule has 3 heteroatoms. The van der Waals surface area contributed by atoms with E-state index < -0.39 is 0 Å². The van der Waals surface area contributed by atoms with Crippen LogP contribution in [-0.4, -0.2) is 11.6 Å². The molecule has 0 aromatic carbocycles. The first-order valence-electron chi connectivity index (χ1n) is 9.03. The fourth-order valence-electron chi connectivity index (χ4n) is 4.09. The van der Waals surface area contributed by atoms with Crippen molar-refractivity contribution < 1.29 is 4.79 Å². The van der Waals surface area contributed by atoms with Crippen LogP contribution in [0.3, 0.4) is 0 Å². The van der Waals surface area contributed by atoms with Crippen LogP contribution in [0.15, 0.2) is 5.10 Å². The molecule has 2 rings (SSSR count). The Hall–Kier alpha value is -0.860. The molecule has 2 aliphatic carbocycles. The third-order valence-corrected chi connectivity index (χ3v) is 5.49. The molecular formula is C18H32N2O.